The number of fused-ring (bicyclic) bond motifs is 1. The van der Waals surface area contributed by atoms with Gasteiger partial charge in [0.2, 0.25) is 0 Å². The van der Waals surface area contributed by atoms with Crippen LogP contribution < -0.4 is 0 Å². The van der Waals surface area contributed by atoms with Gasteiger partial charge in [-0.25, -0.2) is 14.4 Å². The van der Waals surface area contributed by atoms with Crippen molar-refractivity contribution >= 4 is 34.0 Å². The van der Waals surface area contributed by atoms with Crippen molar-refractivity contribution in [1.82, 2.24) is 14.5 Å². The summed E-state index contributed by atoms with van der Waals surface area (Å²) in [5.41, 5.74) is 1.19. The van der Waals surface area contributed by atoms with E-state index in [0.29, 0.717) is 24.4 Å². The number of hydrogen-bond acceptors (Lipinski definition) is 3. The number of hydrogen-bond donors (Lipinski definition) is 0. The predicted octanol–water partition coefficient (Wildman–Crippen LogP) is 3.77. The van der Waals surface area contributed by atoms with Gasteiger partial charge < -0.3 is 4.57 Å². The van der Waals surface area contributed by atoms with Gasteiger partial charge in [0.1, 0.15) is 16.3 Å². The van der Waals surface area contributed by atoms with Crippen molar-refractivity contribution in [3.05, 3.63) is 45.9 Å². The topological polar surface area (TPSA) is 30.7 Å². The second-order valence-corrected chi connectivity index (χ2v) is 6.22. The van der Waals surface area contributed by atoms with Gasteiger partial charge in [-0.3, -0.25) is 0 Å². The Balaban J connectivity index is 2.11. The minimum Gasteiger partial charge on any atom is -0.321 e. The highest BCUT2D eigenvalue weighted by Gasteiger charge is 2.14. The molecule has 1 aromatic carbocycles. The molecule has 3 aromatic rings. The van der Waals surface area contributed by atoms with Crippen molar-refractivity contribution < 1.29 is 4.39 Å². The fourth-order valence-corrected chi connectivity index (χ4v) is 3.17. The maximum Gasteiger partial charge on any atom is 0.151 e. The molecule has 0 saturated carbocycles. The second kappa shape index (κ2) is 5.50. The lowest BCUT2D eigenvalue weighted by Crippen LogP contribution is -2.05. The van der Waals surface area contributed by atoms with Crippen molar-refractivity contribution in [2.24, 2.45) is 0 Å². The molecule has 20 heavy (non-hydrogen) atoms. The summed E-state index contributed by atoms with van der Waals surface area (Å²) in [4.78, 5) is 9.91. The number of aromatic nitrogens is 3. The van der Waals surface area contributed by atoms with E-state index in [1.807, 2.05) is 23.8 Å². The molecular formula is C14H13ClFN3S. The number of rotatable bonds is 4. The minimum atomic E-state index is -0.299. The van der Waals surface area contributed by atoms with Crippen LogP contribution in [0.1, 0.15) is 15.7 Å². The molecule has 0 atom stereocenters. The van der Waals surface area contributed by atoms with E-state index in [-0.39, 0.29) is 5.82 Å². The van der Waals surface area contributed by atoms with E-state index in [4.69, 9.17) is 11.6 Å². The number of nitrogens with zero attached hydrogens (tertiary/aromatic N) is 3. The number of halogens is 2. The van der Waals surface area contributed by atoms with E-state index < -0.39 is 0 Å². The average Bonchev–Trinajstić information content (AvgIpc) is 2.97. The zero-order chi connectivity index (χ0) is 14.1. The smallest absolute Gasteiger partial charge is 0.151 e. The SMILES string of the molecule is Cc1cnc(Cn2c(CCCl)nc3c(F)cccc32)s1. The standard InChI is InChI=1S/C14H13ClFN3S/c1-9-7-17-13(20-9)8-19-11-4-2-3-10(16)14(11)18-12(19)5-6-15/h2-4,7H,5-6,8H2,1H3. The number of thiazole rings is 1. The molecule has 2 heterocycles. The lowest BCUT2D eigenvalue weighted by atomic mass is 10.3. The minimum absolute atomic E-state index is 0.299. The maximum atomic E-state index is 13.8. The van der Waals surface area contributed by atoms with Crippen LogP contribution in [0.25, 0.3) is 11.0 Å². The molecule has 0 saturated heterocycles. The summed E-state index contributed by atoms with van der Waals surface area (Å²) in [7, 11) is 0. The zero-order valence-electron chi connectivity index (χ0n) is 10.9. The molecule has 0 unspecified atom stereocenters. The second-order valence-electron chi connectivity index (χ2n) is 4.53. The number of para-hydroxylation sites is 1. The molecule has 0 bridgehead atoms. The van der Waals surface area contributed by atoms with Crippen LogP contribution in [0.4, 0.5) is 4.39 Å². The fourth-order valence-electron chi connectivity index (χ4n) is 2.22. The third-order valence-corrected chi connectivity index (χ3v) is 4.18. The Labute approximate surface area is 125 Å². The quantitative estimate of drug-likeness (QED) is 0.687. The van der Waals surface area contributed by atoms with Gasteiger partial charge in [0, 0.05) is 23.4 Å². The monoisotopic (exact) mass is 309 g/mol. The normalized spacial score (nSPS) is 11.3. The Bertz CT molecular complexity index is 750. The van der Waals surface area contributed by atoms with Crippen LogP contribution in [0.3, 0.4) is 0 Å². The highest BCUT2D eigenvalue weighted by molar-refractivity contribution is 7.11. The average molecular weight is 310 g/mol. The number of imidazole rings is 1. The molecular weight excluding hydrogens is 297 g/mol. The van der Waals surface area contributed by atoms with E-state index in [1.165, 1.54) is 6.07 Å². The van der Waals surface area contributed by atoms with Crippen LogP contribution in [0.5, 0.6) is 0 Å². The summed E-state index contributed by atoms with van der Waals surface area (Å²) in [6.45, 7) is 2.62. The van der Waals surface area contributed by atoms with Crippen LogP contribution in [0, 0.1) is 12.7 Å². The lowest BCUT2D eigenvalue weighted by molar-refractivity contribution is 0.637. The molecule has 0 N–H and O–H groups in total. The van der Waals surface area contributed by atoms with Gasteiger partial charge in [0.25, 0.3) is 0 Å². The molecule has 0 radical (unpaired) electrons. The number of alkyl halides is 1. The predicted molar refractivity (Wildman–Crippen MR) is 80.1 cm³/mol. The van der Waals surface area contributed by atoms with E-state index in [9.17, 15) is 4.39 Å². The van der Waals surface area contributed by atoms with Crippen molar-refractivity contribution in [3.8, 4) is 0 Å². The Hall–Kier alpha value is -1.46. The Kier molecular flexibility index (Phi) is 3.72. The van der Waals surface area contributed by atoms with E-state index in [1.54, 1.807) is 17.4 Å². The molecule has 3 rings (SSSR count). The van der Waals surface area contributed by atoms with Crippen LogP contribution in [0.15, 0.2) is 24.4 Å². The van der Waals surface area contributed by atoms with Gasteiger partial charge in [-0.05, 0) is 19.1 Å². The number of benzene rings is 1. The highest BCUT2D eigenvalue weighted by atomic mass is 35.5. The maximum absolute atomic E-state index is 13.8. The van der Waals surface area contributed by atoms with Crippen LogP contribution >= 0.6 is 22.9 Å². The third-order valence-electron chi connectivity index (χ3n) is 3.09. The first kappa shape index (κ1) is 13.5. The lowest BCUT2D eigenvalue weighted by Gasteiger charge is -2.06. The van der Waals surface area contributed by atoms with Gasteiger partial charge >= 0.3 is 0 Å². The Morgan fingerprint density at radius 1 is 1.40 bits per heavy atom. The third kappa shape index (κ3) is 2.43. The largest absolute Gasteiger partial charge is 0.321 e. The van der Waals surface area contributed by atoms with Crippen molar-refractivity contribution in [3.63, 3.8) is 0 Å². The van der Waals surface area contributed by atoms with Crippen molar-refractivity contribution in [1.29, 1.82) is 0 Å². The van der Waals surface area contributed by atoms with Crippen LogP contribution in [-0.2, 0) is 13.0 Å². The molecule has 104 valence electrons. The molecule has 2 aromatic heterocycles. The first-order chi connectivity index (χ1) is 9.69. The van der Waals surface area contributed by atoms with Gasteiger partial charge in [0.15, 0.2) is 5.82 Å². The fraction of sp³-hybridized carbons (Fsp3) is 0.286. The van der Waals surface area contributed by atoms with Gasteiger partial charge in [-0.1, -0.05) is 6.07 Å². The molecule has 0 aliphatic carbocycles. The van der Waals surface area contributed by atoms with Crippen LogP contribution in [0.2, 0.25) is 0 Å². The van der Waals surface area contributed by atoms with Crippen molar-refractivity contribution in [2.45, 2.75) is 19.9 Å². The van der Waals surface area contributed by atoms with Gasteiger partial charge in [0.05, 0.1) is 12.1 Å². The Morgan fingerprint density at radius 3 is 2.95 bits per heavy atom. The first-order valence-corrected chi connectivity index (χ1v) is 7.65. The molecule has 0 spiro atoms. The van der Waals surface area contributed by atoms with E-state index in [2.05, 4.69) is 9.97 Å². The summed E-state index contributed by atoms with van der Waals surface area (Å²) in [6, 6.07) is 5.01. The van der Waals surface area contributed by atoms with Gasteiger partial charge in [-0.15, -0.1) is 22.9 Å². The summed E-state index contributed by atoms with van der Waals surface area (Å²) >= 11 is 7.46. The summed E-state index contributed by atoms with van der Waals surface area (Å²) in [6.07, 6.45) is 2.46. The zero-order valence-corrected chi connectivity index (χ0v) is 12.5. The first-order valence-electron chi connectivity index (χ1n) is 6.30. The van der Waals surface area contributed by atoms with Crippen LogP contribution in [-0.4, -0.2) is 20.4 Å². The molecule has 3 nitrogen and oxygen atoms in total. The summed E-state index contributed by atoms with van der Waals surface area (Å²) in [5.74, 6) is 0.960. The van der Waals surface area contributed by atoms with Crippen molar-refractivity contribution in [2.75, 3.05) is 5.88 Å². The number of aryl methyl sites for hydroxylation is 2. The summed E-state index contributed by atoms with van der Waals surface area (Å²) in [5, 5.41) is 0.988. The van der Waals surface area contributed by atoms with E-state index in [0.717, 1.165) is 21.2 Å². The van der Waals surface area contributed by atoms with Gasteiger partial charge in [-0.2, -0.15) is 0 Å². The van der Waals surface area contributed by atoms with E-state index >= 15 is 0 Å². The molecule has 0 fully saturated rings. The highest BCUT2D eigenvalue weighted by Crippen LogP contribution is 2.22. The molecule has 0 aliphatic rings. The Morgan fingerprint density at radius 2 is 2.25 bits per heavy atom. The summed E-state index contributed by atoms with van der Waals surface area (Å²) < 4.78 is 15.8. The molecule has 6 heteroatoms. The molecule has 0 amide bonds. The molecule has 0 aliphatic heterocycles.